The summed E-state index contributed by atoms with van der Waals surface area (Å²) in [7, 11) is 0. The topological polar surface area (TPSA) is 50.5 Å². The molecule has 0 amide bonds. The number of hydrogen-bond acceptors (Lipinski definition) is 4. The van der Waals surface area contributed by atoms with Crippen molar-refractivity contribution in [3.8, 4) is 0 Å². The second-order valence-corrected chi connectivity index (χ2v) is 5.63. The minimum Gasteiger partial charge on any atom is -0.371 e. The predicted octanol–water partition coefficient (Wildman–Crippen LogP) is 0.177. The van der Waals surface area contributed by atoms with Crippen LogP contribution in [0, 0.1) is 0 Å². The van der Waals surface area contributed by atoms with Gasteiger partial charge in [-0.3, -0.25) is 4.90 Å². The van der Waals surface area contributed by atoms with E-state index in [1.54, 1.807) is 0 Å². The smallest absolute Gasteiger partial charge is 0.0710 e. The van der Waals surface area contributed by atoms with E-state index in [1.807, 2.05) is 0 Å². The van der Waals surface area contributed by atoms with Crippen molar-refractivity contribution in [3.63, 3.8) is 0 Å². The van der Waals surface area contributed by atoms with E-state index in [4.69, 9.17) is 10.5 Å². The van der Waals surface area contributed by atoms with Gasteiger partial charge in [0.25, 0.3) is 0 Å². The number of hydrogen-bond donors (Lipinski definition) is 2. The van der Waals surface area contributed by atoms with Crippen molar-refractivity contribution in [2.75, 3.05) is 32.7 Å². The number of nitrogens with one attached hydrogen (secondary N) is 1. The molecule has 0 aliphatic carbocycles. The minimum atomic E-state index is 0.0803. The van der Waals surface area contributed by atoms with Crippen LogP contribution in [0.1, 0.15) is 26.7 Å². The van der Waals surface area contributed by atoms with E-state index in [2.05, 4.69) is 24.1 Å². The van der Waals surface area contributed by atoms with E-state index in [0.29, 0.717) is 12.1 Å². The van der Waals surface area contributed by atoms with Crippen LogP contribution in [0.15, 0.2) is 0 Å². The summed E-state index contributed by atoms with van der Waals surface area (Å²) in [4.78, 5) is 2.49. The summed E-state index contributed by atoms with van der Waals surface area (Å²) < 4.78 is 6.04. The van der Waals surface area contributed by atoms with Gasteiger partial charge in [0.05, 0.1) is 11.7 Å². The van der Waals surface area contributed by atoms with Gasteiger partial charge in [0.1, 0.15) is 0 Å². The van der Waals surface area contributed by atoms with Crippen molar-refractivity contribution in [3.05, 3.63) is 0 Å². The molecule has 16 heavy (non-hydrogen) atoms. The Kier molecular flexibility index (Phi) is 3.85. The lowest BCUT2D eigenvalue weighted by Gasteiger charge is -2.37. The molecule has 0 aromatic carbocycles. The standard InChI is InChI=1S/C12H25N3O/c1-12(2)4-3-11(16-12)9-15-6-5-14-8-10(15)7-13/h10-11,14H,3-9,13H2,1-2H3. The summed E-state index contributed by atoms with van der Waals surface area (Å²) in [6.07, 6.45) is 2.77. The molecule has 0 bridgehead atoms. The number of ether oxygens (including phenoxy) is 1. The van der Waals surface area contributed by atoms with E-state index in [-0.39, 0.29) is 5.60 Å². The molecule has 2 unspecified atom stereocenters. The Balaban J connectivity index is 1.84. The molecule has 2 heterocycles. The molecule has 2 saturated heterocycles. The molecule has 0 aromatic rings. The summed E-state index contributed by atoms with van der Waals surface area (Å²) in [5.74, 6) is 0. The summed E-state index contributed by atoms with van der Waals surface area (Å²) >= 11 is 0. The van der Waals surface area contributed by atoms with Crippen LogP contribution in [0.5, 0.6) is 0 Å². The highest BCUT2D eigenvalue weighted by molar-refractivity contribution is 4.87. The zero-order chi connectivity index (χ0) is 11.6. The molecule has 2 aliphatic rings. The quantitative estimate of drug-likeness (QED) is 0.722. The molecule has 0 radical (unpaired) electrons. The van der Waals surface area contributed by atoms with Crippen molar-refractivity contribution < 1.29 is 4.74 Å². The van der Waals surface area contributed by atoms with Crippen LogP contribution in [0.4, 0.5) is 0 Å². The maximum atomic E-state index is 6.04. The summed E-state index contributed by atoms with van der Waals surface area (Å²) in [5, 5.41) is 3.39. The predicted molar refractivity (Wildman–Crippen MR) is 65.5 cm³/mol. The molecule has 2 fully saturated rings. The Hall–Kier alpha value is -0.160. The Bertz CT molecular complexity index is 232. The van der Waals surface area contributed by atoms with Crippen molar-refractivity contribution in [1.29, 1.82) is 0 Å². The number of piperazine rings is 1. The number of nitrogens with zero attached hydrogens (tertiary/aromatic N) is 1. The highest BCUT2D eigenvalue weighted by atomic mass is 16.5. The first-order chi connectivity index (χ1) is 7.61. The van der Waals surface area contributed by atoms with Gasteiger partial charge in [-0.05, 0) is 26.7 Å². The Labute approximate surface area is 98.5 Å². The fraction of sp³-hybridized carbons (Fsp3) is 1.00. The maximum absolute atomic E-state index is 6.04. The molecule has 94 valence electrons. The molecule has 0 saturated carbocycles. The zero-order valence-corrected chi connectivity index (χ0v) is 10.5. The summed E-state index contributed by atoms with van der Waals surface area (Å²) in [5.41, 5.74) is 5.88. The van der Waals surface area contributed by atoms with E-state index in [9.17, 15) is 0 Å². The van der Waals surface area contributed by atoms with Gasteiger partial charge in [0.2, 0.25) is 0 Å². The lowest BCUT2D eigenvalue weighted by Crippen LogP contribution is -2.56. The Morgan fingerprint density at radius 1 is 1.50 bits per heavy atom. The van der Waals surface area contributed by atoms with Gasteiger partial charge < -0.3 is 15.8 Å². The van der Waals surface area contributed by atoms with Gasteiger partial charge in [0, 0.05) is 38.8 Å². The zero-order valence-electron chi connectivity index (χ0n) is 10.5. The van der Waals surface area contributed by atoms with E-state index >= 15 is 0 Å². The molecule has 3 N–H and O–H groups in total. The van der Waals surface area contributed by atoms with Crippen LogP contribution in [0.25, 0.3) is 0 Å². The minimum absolute atomic E-state index is 0.0803. The molecule has 4 nitrogen and oxygen atoms in total. The van der Waals surface area contributed by atoms with Crippen molar-refractivity contribution in [2.24, 2.45) is 5.73 Å². The first kappa shape index (κ1) is 12.3. The van der Waals surface area contributed by atoms with Crippen LogP contribution in [0.2, 0.25) is 0 Å². The third kappa shape index (κ3) is 2.94. The molecule has 2 atom stereocenters. The van der Waals surface area contributed by atoms with Crippen LogP contribution in [-0.2, 0) is 4.74 Å². The molecular weight excluding hydrogens is 202 g/mol. The van der Waals surface area contributed by atoms with Gasteiger partial charge in [0.15, 0.2) is 0 Å². The normalized spacial score (nSPS) is 35.4. The van der Waals surface area contributed by atoms with Gasteiger partial charge in [-0.15, -0.1) is 0 Å². The van der Waals surface area contributed by atoms with E-state index in [1.165, 1.54) is 12.8 Å². The fourth-order valence-electron chi connectivity index (χ4n) is 2.74. The summed E-state index contributed by atoms with van der Waals surface area (Å²) in [6, 6.07) is 0.487. The molecular formula is C12H25N3O. The maximum Gasteiger partial charge on any atom is 0.0710 e. The first-order valence-corrected chi connectivity index (χ1v) is 6.43. The first-order valence-electron chi connectivity index (χ1n) is 6.43. The molecule has 2 rings (SSSR count). The van der Waals surface area contributed by atoms with Crippen LogP contribution < -0.4 is 11.1 Å². The molecule has 4 heteroatoms. The molecule has 2 aliphatic heterocycles. The highest BCUT2D eigenvalue weighted by Crippen LogP contribution is 2.29. The highest BCUT2D eigenvalue weighted by Gasteiger charge is 2.34. The van der Waals surface area contributed by atoms with Crippen LogP contribution >= 0.6 is 0 Å². The SMILES string of the molecule is CC1(C)CCC(CN2CCNCC2CN)O1. The number of rotatable bonds is 3. The van der Waals surface area contributed by atoms with Gasteiger partial charge in [-0.1, -0.05) is 0 Å². The van der Waals surface area contributed by atoms with E-state index in [0.717, 1.165) is 32.7 Å². The monoisotopic (exact) mass is 227 g/mol. The average molecular weight is 227 g/mol. The van der Waals surface area contributed by atoms with Crippen LogP contribution in [0.3, 0.4) is 0 Å². The lowest BCUT2D eigenvalue weighted by molar-refractivity contribution is -0.0353. The average Bonchev–Trinajstić information content (AvgIpc) is 2.59. The van der Waals surface area contributed by atoms with Crippen LogP contribution in [-0.4, -0.2) is 55.4 Å². The number of nitrogens with two attached hydrogens (primary N) is 1. The second-order valence-electron chi connectivity index (χ2n) is 5.63. The summed E-state index contributed by atoms with van der Waals surface area (Å²) in [6.45, 7) is 9.35. The largest absolute Gasteiger partial charge is 0.371 e. The van der Waals surface area contributed by atoms with Gasteiger partial charge >= 0.3 is 0 Å². The molecule has 0 spiro atoms. The second kappa shape index (κ2) is 5.00. The van der Waals surface area contributed by atoms with Crippen molar-refractivity contribution >= 4 is 0 Å². The van der Waals surface area contributed by atoms with Crippen molar-refractivity contribution in [2.45, 2.75) is 44.4 Å². The van der Waals surface area contributed by atoms with Gasteiger partial charge in [-0.25, -0.2) is 0 Å². The molecule has 0 aromatic heterocycles. The lowest BCUT2D eigenvalue weighted by atomic mass is 10.1. The Morgan fingerprint density at radius 2 is 2.31 bits per heavy atom. The third-order valence-corrected chi connectivity index (χ3v) is 3.74. The van der Waals surface area contributed by atoms with E-state index < -0.39 is 0 Å². The third-order valence-electron chi connectivity index (χ3n) is 3.74. The van der Waals surface area contributed by atoms with Crippen molar-refractivity contribution in [1.82, 2.24) is 10.2 Å². The fourth-order valence-corrected chi connectivity index (χ4v) is 2.74. The van der Waals surface area contributed by atoms with Gasteiger partial charge in [-0.2, -0.15) is 0 Å². The Morgan fingerprint density at radius 3 is 2.94 bits per heavy atom.